The second-order valence-electron chi connectivity index (χ2n) is 6.29. The minimum absolute atomic E-state index is 0.225. The predicted octanol–water partition coefficient (Wildman–Crippen LogP) is 4.37. The van der Waals surface area contributed by atoms with E-state index in [2.05, 4.69) is 54.0 Å². The van der Waals surface area contributed by atoms with Crippen molar-refractivity contribution >= 4 is 38.2 Å². The molecule has 0 radical (unpaired) electrons. The highest BCUT2D eigenvalue weighted by atomic mass is 79.9. The van der Waals surface area contributed by atoms with E-state index in [0.29, 0.717) is 18.2 Å². The Hall–Kier alpha value is -1.60. The first-order valence-corrected chi connectivity index (χ1v) is 10.6. The van der Waals surface area contributed by atoms with Crippen molar-refractivity contribution < 1.29 is 4.39 Å². The Morgan fingerprint density at radius 1 is 1.35 bits per heavy atom. The molecule has 1 aromatic heterocycles. The lowest BCUT2D eigenvalue weighted by Gasteiger charge is -2.33. The number of anilines is 1. The SMILES string of the molecule is CCNC(=NCc1cc(Br)ccc1F)NC1CCN(c2cccs2)CC1. The van der Waals surface area contributed by atoms with Gasteiger partial charge in [-0.2, -0.15) is 0 Å². The zero-order chi connectivity index (χ0) is 18.4. The van der Waals surface area contributed by atoms with Crippen LogP contribution in [0.25, 0.3) is 0 Å². The zero-order valence-electron chi connectivity index (χ0n) is 14.8. The third kappa shape index (κ3) is 5.20. The Labute approximate surface area is 166 Å². The standard InChI is InChI=1S/C19H24BrFN4S/c1-2-22-19(23-13-14-12-15(20)5-6-17(14)21)24-16-7-9-25(10-8-16)18-4-3-11-26-18/h3-6,11-12,16H,2,7-10,13H2,1H3,(H2,22,23,24). The van der Waals surface area contributed by atoms with Crippen molar-refractivity contribution in [3.8, 4) is 0 Å². The molecule has 0 atom stereocenters. The molecule has 1 aliphatic heterocycles. The van der Waals surface area contributed by atoms with Crippen LogP contribution in [0.2, 0.25) is 0 Å². The van der Waals surface area contributed by atoms with Crippen LogP contribution in [0.3, 0.4) is 0 Å². The van der Waals surface area contributed by atoms with Gasteiger partial charge in [-0.25, -0.2) is 9.38 Å². The number of hydrogen-bond donors (Lipinski definition) is 2. The van der Waals surface area contributed by atoms with Crippen LogP contribution in [-0.2, 0) is 6.54 Å². The van der Waals surface area contributed by atoms with Gasteiger partial charge in [0, 0.05) is 35.7 Å². The lowest BCUT2D eigenvalue weighted by molar-refractivity contribution is 0.462. The van der Waals surface area contributed by atoms with E-state index in [1.807, 2.05) is 6.92 Å². The summed E-state index contributed by atoms with van der Waals surface area (Å²) in [5.74, 6) is 0.526. The first-order chi connectivity index (χ1) is 12.7. The van der Waals surface area contributed by atoms with E-state index in [0.717, 1.165) is 42.9 Å². The quantitative estimate of drug-likeness (QED) is 0.537. The van der Waals surface area contributed by atoms with Crippen LogP contribution in [0.5, 0.6) is 0 Å². The van der Waals surface area contributed by atoms with E-state index in [1.165, 1.54) is 11.1 Å². The highest BCUT2D eigenvalue weighted by Crippen LogP contribution is 2.24. The van der Waals surface area contributed by atoms with Crippen molar-refractivity contribution in [2.75, 3.05) is 24.5 Å². The third-order valence-corrected chi connectivity index (χ3v) is 5.84. The molecule has 2 N–H and O–H groups in total. The Bertz CT molecular complexity index is 727. The highest BCUT2D eigenvalue weighted by molar-refractivity contribution is 9.10. The smallest absolute Gasteiger partial charge is 0.191 e. The molecule has 0 spiro atoms. The monoisotopic (exact) mass is 438 g/mol. The number of aliphatic imine (C=N–C) groups is 1. The molecule has 1 aliphatic rings. The molecular formula is C19H24BrFN4S. The second-order valence-corrected chi connectivity index (χ2v) is 8.13. The molecule has 2 heterocycles. The van der Waals surface area contributed by atoms with Crippen LogP contribution in [0.4, 0.5) is 9.39 Å². The van der Waals surface area contributed by atoms with Gasteiger partial charge in [0.2, 0.25) is 0 Å². The van der Waals surface area contributed by atoms with Crippen molar-refractivity contribution in [3.05, 3.63) is 51.6 Å². The number of nitrogens with one attached hydrogen (secondary N) is 2. The van der Waals surface area contributed by atoms with Gasteiger partial charge in [0.1, 0.15) is 5.82 Å². The molecular weight excluding hydrogens is 415 g/mol. The molecule has 0 saturated carbocycles. The second kappa shape index (κ2) is 9.37. The third-order valence-electron chi connectivity index (χ3n) is 4.41. The number of halogens is 2. The highest BCUT2D eigenvalue weighted by Gasteiger charge is 2.20. The summed E-state index contributed by atoms with van der Waals surface area (Å²) in [5, 5.41) is 10.2. The van der Waals surface area contributed by atoms with Crippen LogP contribution in [0, 0.1) is 5.82 Å². The number of hydrogen-bond acceptors (Lipinski definition) is 3. The van der Waals surface area contributed by atoms with Crippen LogP contribution >= 0.6 is 27.3 Å². The number of benzene rings is 1. The van der Waals surface area contributed by atoms with Gasteiger partial charge in [-0.15, -0.1) is 11.3 Å². The largest absolute Gasteiger partial charge is 0.363 e. The van der Waals surface area contributed by atoms with Gasteiger partial charge in [-0.3, -0.25) is 0 Å². The summed E-state index contributed by atoms with van der Waals surface area (Å²) >= 11 is 5.18. The van der Waals surface area contributed by atoms with Gasteiger partial charge in [-0.05, 0) is 55.5 Å². The number of nitrogens with zero attached hydrogens (tertiary/aromatic N) is 2. The fourth-order valence-electron chi connectivity index (χ4n) is 3.04. The number of rotatable bonds is 5. The Kier molecular flexibility index (Phi) is 6.91. The summed E-state index contributed by atoms with van der Waals surface area (Å²) in [6.07, 6.45) is 2.13. The lowest BCUT2D eigenvalue weighted by atomic mass is 10.1. The maximum atomic E-state index is 13.9. The molecule has 1 saturated heterocycles. The van der Waals surface area contributed by atoms with Gasteiger partial charge in [-0.1, -0.05) is 15.9 Å². The van der Waals surface area contributed by atoms with E-state index >= 15 is 0 Å². The lowest BCUT2D eigenvalue weighted by Crippen LogP contribution is -2.48. The topological polar surface area (TPSA) is 39.7 Å². The maximum absolute atomic E-state index is 13.9. The van der Waals surface area contributed by atoms with E-state index in [4.69, 9.17) is 0 Å². The normalized spacial score (nSPS) is 16.0. The van der Waals surface area contributed by atoms with Crippen LogP contribution < -0.4 is 15.5 Å². The first kappa shape index (κ1) is 19.2. The minimum atomic E-state index is -0.225. The van der Waals surface area contributed by atoms with Crippen molar-refractivity contribution in [1.29, 1.82) is 0 Å². The minimum Gasteiger partial charge on any atom is -0.363 e. The van der Waals surface area contributed by atoms with Crippen molar-refractivity contribution in [3.63, 3.8) is 0 Å². The average molecular weight is 439 g/mol. The van der Waals surface area contributed by atoms with E-state index < -0.39 is 0 Å². The summed E-state index contributed by atoms with van der Waals surface area (Å²) in [7, 11) is 0. The van der Waals surface area contributed by atoms with Crippen molar-refractivity contribution in [2.24, 2.45) is 4.99 Å². The summed E-state index contributed by atoms with van der Waals surface area (Å²) in [6, 6.07) is 9.61. The molecule has 2 aromatic rings. The maximum Gasteiger partial charge on any atom is 0.191 e. The number of thiophene rings is 1. The van der Waals surface area contributed by atoms with Gasteiger partial charge < -0.3 is 15.5 Å². The van der Waals surface area contributed by atoms with Gasteiger partial charge in [0.25, 0.3) is 0 Å². The molecule has 1 aromatic carbocycles. The fraction of sp³-hybridized carbons (Fsp3) is 0.421. The van der Waals surface area contributed by atoms with Crippen LogP contribution in [0.15, 0.2) is 45.2 Å². The van der Waals surface area contributed by atoms with E-state index in [9.17, 15) is 4.39 Å². The number of piperidine rings is 1. The Morgan fingerprint density at radius 2 is 2.15 bits per heavy atom. The molecule has 0 bridgehead atoms. The van der Waals surface area contributed by atoms with Crippen LogP contribution in [0.1, 0.15) is 25.3 Å². The molecule has 3 rings (SSSR count). The van der Waals surface area contributed by atoms with E-state index in [1.54, 1.807) is 23.5 Å². The summed E-state index contributed by atoms with van der Waals surface area (Å²) in [4.78, 5) is 7.01. The molecule has 0 aliphatic carbocycles. The van der Waals surface area contributed by atoms with Gasteiger partial charge in [0.15, 0.2) is 5.96 Å². The molecule has 140 valence electrons. The van der Waals surface area contributed by atoms with Gasteiger partial charge >= 0.3 is 0 Å². The average Bonchev–Trinajstić information content (AvgIpc) is 3.18. The van der Waals surface area contributed by atoms with E-state index in [-0.39, 0.29) is 5.82 Å². The first-order valence-electron chi connectivity index (χ1n) is 8.93. The van der Waals surface area contributed by atoms with Crippen LogP contribution in [-0.4, -0.2) is 31.6 Å². The molecule has 0 amide bonds. The Morgan fingerprint density at radius 3 is 2.85 bits per heavy atom. The molecule has 1 fully saturated rings. The van der Waals surface area contributed by atoms with Crippen molar-refractivity contribution in [2.45, 2.75) is 32.4 Å². The molecule has 4 nitrogen and oxygen atoms in total. The summed E-state index contributed by atoms with van der Waals surface area (Å²) in [6.45, 7) is 5.21. The number of guanidine groups is 1. The van der Waals surface area contributed by atoms with Gasteiger partial charge in [0.05, 0.1) is 11.5 Å². The summed E-state index contributed by atoms with van der Waals surface area (Å²) < 4.78 is 14.8. The predicted molar refractivity (Wildman–Crippen MR) is 112 cm³/mol. The molecule has 26 heavy (non-hydrogen) atoms. The zero-order valence-corrected chi connectivity index (χ0v) is 17.2. The fourth-order valence-corrected chi connectivity index (χ4v) is 4.23. The summed E-state index contributed by atoms with van der Waals surface area (Å²) in [5.41, 5.74) is 0.587. The Balaban J connectivity index is 1.57. The van der Waals surface area contributed by atoms with Crippen molar-refractivity contribution in [1.82, 2.24) is 10.6 Å². The molecule has 7 heteroatoms. The molecule has 0 unspecified atom stereocenters.